The first kappa shape index (κ1) is 15.4. The summed E-state index contributed by atoms with van der Waals surface area (Å²) in [6, 6.07) is 8.40. The van der Waals surface area contributed by atoms with E-state index in [0.29, 0.717) is 10.0 Å². The molecule has 2 aromatic rings. The van der Waals surface area contributed by atoms with Crippen LogP contribution < -0.4 is 11.1 Å². The number of halogens is 2. The Morgan fingerprint density at radius 1 is 1.29 bits per heavy atom. The molecule has 0 aliphatic heterocycles. The van der Waals surface area contributed by atoms with Crippen LogP contribution in [0.15, 0.2) is 40.9 Å². The van der Waals surface area contributed by atoms with Gasteiger partial charge < -0.3 is 16.2 Å². The highest BCUT2D eigenvalue weighted by molar-refractivity contribution is 9.10. The minimum Gasteiger partial charge on any atom is -0.507 e. The Balaban J connectivity index is 2.25. The van der Waals surface area contributed by atoms with E-state index in [-0.39, 0.29) is 22.0 Å². The molecule has 0 radical (unpaired) electrons. The largest absolute Gasteiger partial charge is 0.507 e. The fourth-order valence-corrected chi connectivity index (χ4v) is 2.13. The molecule has 0 aliphatic rings. The van der Waals surface area contributed by atoms with Crippen LogP contribution in [0.25, 0.3) is 0 Å². The highest BCUT2D eigenvalue weighted by atomic mass is 79.9. The second kappa shape index (κ2) is 6.19. The normalized spacial score (nSPS) is 10.2. The average Bonchev–Trinajstić information content (AvgIpc) is 2.40. The summed E-state index contributed by atoms with van der Waals surface area (Å²) in [5.74, 6) is -1.49. The summed E-state index contributed by atoms with van der Waals surface area (Å²) in [6.45, 7) is 0. The van der Waals surface area contributed by atoms with Gasteiger partial charge in [-0.25, -0.2) is 4.39 Å². The molecule has 0 saturated heterocycles. The molecule has 108 valence electrons. The molecular formula is C14H10BrFN2O2S. The van der Waals surface area contributed by atoms with Gasteiger partial charge in [-0.2, -0.15) is 0 Å². The molecule has 2 aromatic carbocycles. The molecule has 2 rings (SSSR count). The summed E-state index contributed by atoms with van der Waals surface area (Å²) in [5.41, 5.74) is 5.78. The van der Waals surface area contributed by atoms with Gasteiger partial charge in [-0.1, -0.05) is 28.1 Å². The lowest BCUT2D eigenvalue weighted by Gasteiger charge is -2.09. The first-order chi connectivity index (χ1) is 9.88. The Kier molecular flexibility index (Phi) is 4.54. The van der Waals surface area contributed by atoms with E-state index in [2.05, 4.69) is 21.2 Å². The van der Waals surface area contributed by atoms with Crippen molar-refractivity contribution in [2.75, 3.05) is 5.32 Å². The van der Waals surface area contributed by atoms with Gasteiger partial charge in [-0.15, -0.1) is 0 Å². The van der Waals surface area contributed by atoms with Crippen molar-refractivity contribution in [1.82, 2.24) is 0 Å². The van der Waals surface area contributed by atoms with E-state index in [1.54, 1.807) is 6.07 Å². The number of nitrogens with two attached hydrogens (primary N) is 1. The number of phenols is 1. The van der Waals surface area contributed by atoms with E-state index in [1.807, 2.05) is 0 Å². The molecule has 4 N–H and O–H groups in total. The van der Waals surface area contributed by atoms with Crippen LogP contribution in [0.5, 0.6) is 5.75 Å². The number of nitrogens with one attached hydrogen (secondary N) is 1. The van der Waals surface area contributed by atoms with Crippen molar-refractivity contribution >= 4 is 44.7 Å². The minimum atomic E-state index is -0.662. The molecule has 1 amide bonds. The van der Waals surface area contributed by atoms with Crippen LogP contribution in [0, 0.1) is 5.82 Å². The van der Waals surface area contributed by atoms with Crippen molar-refractivity contribution < 1.29 is 14.3 Å². The molecule has 0 fully saturated rings. The van der Waals surface area contributed by atoms with Crippen molar-refractivity contribution in [3.63, 3.8) is 0 Å². The van der Waals surface area contributed by atoms with Crippen molar-refractivity contribution in [3.8, 4) is 5.75 Å². The molecule has 0 saturated carbocycles. The third-order valence-corrected chi connectivity index (χ3v) is 3.44. The molecule has 0 aliphatic carbocycles. The van der Waals surface area contributed by atoms with Crippen molar-refractivity contribution in [1.29, 1.82) is 0 Å². The molecule has 0 unspecified atom stereocenters. The number of aromatic hydroxyl groups is 1. The van der Waals surface area contributed by atoms with E-state index >= 15 is 0 Å². The van der Waals surface area contributed by atoms with Gasteiger partial charge in [0.15, 0.2) is 0 Å². The van der Waals surface area contributed by atoms with E-state index in [9.17, 15) is 14.3 Å². The van der Waals surface area contributed by atoms with Gasteiger partial charge >= 0.3 is 0 Å². The fraction of sp³-hybridized carbons (Fsp3) is 0. The second-order valence-electron chi connectivity index (χ2n) is 4.17. The lowest BCUT2D eigenvalue weighted by Crippen LogP contribution is -2.14. The van der Waals surface area contributed by atoms with Crippen LogP contribution in [0.2, 0.25) is 0 Å². The van der Waals surface area contributed by atoms with Crippen molar-refractivity contribution in [2.45, 2.75) is 0 Å². The van der Waals surface area contributed by atoms with Gasteiger partial charge in [0, 0.05) is 10.0 Å². The maximum atomic E-state index is 13.9. The quantitative estimate of drug-likeness (QED) is 0.727. The molecule has 0 heterocycles. The van der Waals surface area contributed by atoms with Crippen LogP contribution in [0.4, 0.5) is 10.1 Å². The number of carbonyl (C=O) groups is 1. The summed E-state index contributed by atoms with van der Waals surface area (Å²) in [5, 5.41) is 12.1. The van der Waals surface area contributed by atoms with Gasteiger partial charge in [0.05, 0.1) is 11.3 Å². The molecule has 0 atom stereocenters. The number of rotatable bonds is 3. The van der Waals surface area contributed by atoms with Crippen LogP contribution >= 0.6 is 28.1 Å². The third-order valence-electron chi connectivity index (χ3n) is 2.71. The standard InChI is InChI=1S/C14H10BrFN2O2S/c15-8-2-3-9(12(19)6-8)14(20)18-11-4-1-7(13(17)21)5-10(11)16/h1-6,19H,(H2,17,21)(H,18,20). The summed E-state index contributed by atoms with van der Waals surface area (Å²) < 4.78 is 14.5. The Hall–Kier alpha value is -1.99. The zero-order chi connectivity index (χ0) is 15.6. The van der Waals surface area contributed by atoms with Gasteiger partial charge in [-0.05, 0) is 36.4 Å². The number of phenolic OH excluding ortho intramolecular Hbond substituents is 1. The summed E-state index contributed by atoms with van der Waals surface area (Å²) in [6.07, 6.45) is 0. The summed E-state index contributed by atoms with van der Waals surface area (Å²) in [7, 11) is 0. The van der Waals surface area contributed by atoms with Crippen LogP contribution in [0.1, 0.15) is 15.9 Å². The van der Waals surface area contributed by atoms with E-state index in [4.69, 9.17) is 18.0 Å². The van der Waals surface area contributed by atoms with Gasteiger partial charge in [0.2, 0.25) is 0 Å². The summed E-state index contributed by atoms with van der Waals surface area (Å²) >= 11 is 7.91. The highest BCUT2D eigenvalue weighted by Gasteiger charge is 2.14. The van der Waals surface area contributed by atoms with E-state index in [1.165, 1.54) is 24.3 Å². The number of hydrogen-bond acceptors (Lipinski definition) is 3. The number of amides is 1. The lowest BCUT2D eigenvalue weighted by atomic mass is 10.1. The first-order valence-corrected chi connectivity index (χ1v) is 6.98. The summed E-state index contributed by atoms with van der Waals surface area (Å²) in [4.78, 5) is 12.1. The SMILES string of the molecule is NC(=S)c1ccc(NC(=O)c2ccc(Br)cc2O)c(F)c1. The average molecular weight is 369 g/mol. The number of benzene rings is 2. The lowest BCUT2D eigenvalue weighted by molar-refractivity contribution is 0.102. The van der Waals surface area contributed by atoms with E-state index < -0.39 is 11.7 Å². The Morgan fingerprint density at radius 3 is 2.57 bits per heavy atom. The first-order valence-electron chi connectivity index (χ1n) is 5.77. The molecule has 21 heavy (non-hydrogen) atoms. The Morgan fingerprint density at radius 2 is 2.00 bits per heavy atom. The number of anilines is 1. The Labute approximate surface area is 133 Å². The molecule has 0 aromatic heterocycles. The smallest absolute Gasteiger partial charge is 0.259 e. The van der Waals surface area contributed by atoms with Crippen LogP contribution in [0.3, 0.4) is 0 Å². The van der Waals surface area contributed by atoms with E-state index in [0.717, 1.165) is 6.07 Å². The molecule has 0 bridgehead atoms. The predicted molar refractivity (Wildman–Crippen MR) is 86.0 cm³/mol. The van der Waals surface area contributed by atoms with Crippen LogP contribution in [-0.2, 0) is 0 Å². The number of thiocarbonyl (C=S) groups is 1. The fourth-order valence-electron chi connectivity index (χ4n) is 1.66. The maximum absolute atomic E-state index is 13.9. The van der Waals surface area contributed by atoms with Gasteiger partial charge in [0.1, 0.15) is 16.6 Å². The monoisotopic (exact) mass is 368 g/mol. The molecule has 7 heteroatoms. The molecule has 0 spiro atoms. The third kappa shape index (κ3) is 3.56. The van der Waals surface area contributed by atoms with Gasteiger partial charge in [-0.3, -0.25) is 4.79 Å². The minimum absolute atomic E-state index is 0.0256. The Bertz CT molecular complexity index is 737. The zero-order valence-corrected chi connectivity index (χ0v) is 13.0. The number of hydrogen-bond donors (Lipinski definition) is 3. The maximum Gasteiger partial charge on any atom is 0.259 e. The van der Waals surface area contributed by atoms with Gasteiger partial charge in [0.25, 0.3) is 5.91 Å². The zero-order valence-electron chi connectivity index (χ0n) is 10.6. The molecular weight excluding hydrogens is 359 g/mol. The molecule has 4 nitrogen and oxygen atoms in total. The van der Waals surface area contributed by atoms with Crippen molar-refractivity contribution in [3.05, 3.63) is 57.8 Å². The predicted octanol–water partition coefficient (Wildman–Crippen LogP) is 3.18. The number of carbonyl (C=O) groups excluding carboxylic acids is 1. The topological polar surface area (TPSA) is 75.3 Å². The second-order valence-corrected chi connectivity index (χ2v) is 5.53. The highest BCUT2D eigenvalue weighted by Crippen LogP contribution is 2.24. The van der Waals surface area contributed by atoms with Crippen LogP contribution in [-0.4, -0.2) is 16.0 Å². The van der Waals surface area contributed by atoms with Crippen molar-refractivity contribution in [2.24, 2.45) is 5.73 Å².